The van der Waals surface area contributed by atoms with Crippen LogP contribution in [0.25, 0.3) is 11.1 Å². The van der Waals surface area contributed by atoms with Crippen LogP contribution in [0.5, 0.6) is 0 Å². The van der Waals surface area contributed by atoms with Crippen LogP contribution in [0.1, 0.15) is 12.5 Å². The SMILES string of the molecule is COOC(=O)[C@H](C)Cc1ccc(-c2cc(Cl)cc(Cl)c2)cc1. The third kappa shape index (κ3) is 4.47. The molecule has 0 N–H and O–H groups in total. The Hall–Kier alpha value is -1.55. The fourth-order valence-electron chi connectivity index (χ4n) is 2.15. The zero-order valence-corrected chi connectivity index (χ0v) is 13.8. The average Bonchev–Trinajstić information content (AvgIpc) is 2.47. The molecule has 116 valence electrons. The molecule has 0 radical (unpaired) electrons. The monoisotopic (exact) mass is 338 g/mol. The molecule has 0 saturated heterocycles. The molecule has 5 heteroatoms. The van der Waals surface area contributed by atoms with Gasteiger partial charge in [0.15, 0.2) is 0 Å². The Balaban J connectivity index is 2.11. The van der Waals surface area contributed by atoms with Gasteiger partial charge in [-0.3, -0.25) is 4.89 Å². The van der Waals surface area contributed by atoms with Crippen molar-refractivity contribution in [1.82, 2.24) is 0 Å². The van der Waals surface area contributed by atoms with Crippen molar-refractivity contribution in [2.45, 2.75) is 13.3 Å². The Morgan fingerprint density at radius 2 is 1.64 bits per heavy atom. The number of hydrogen-bond acceptors (Lipinski definition) is 3. The van der Waals surface area contributed by atoms with E-state index in [2.05, 4.69) is 9.78 Å². The predicted molar refractivity (Wildman–Crippen MR) is 87.9 cm³/mol. The Morgan fingerprint density at radius 3 is 2.18 bits per heavy atom. The summed E-state index contributed by atoms with van der Waals surface area (Å²) in [6, 6.07) is 13.3. The minimum atomic E-state index is -0.381. The van der Waals surface area contributed by atoms with Crippen LogP contribution < -0.4 is 0 Å². The van der Waals surface area contributed by atoms with E-state index in [0.717, 1.165) is 16.7 Å². The van der Waals surface area contributed by atoms with Gasteiger partial charge in [0.2, 0.25) is 0 Å². The largest absolute Gasteiger partial charge is 0.345 e. The van der Waals surface area contributed by atoms with E-state index < -0.39 is 0 Å². The number of rotatable bonds is 5. The predicted octanol–water partition coefficient (Wildman–Crippen LogP) is 4.94. The summed E-state index contributed by atoms with van der Waals surface area (Å²) in [4.78, 5) is 20.4. The molecule has 0 heterocycles. The first-order valence-corrected chi connectivity index (χ1v) is 7.55. The fraction of sp³-hybridized carbons (Fsp3) is 0.235. The van der Waals surface area contributed by atoms with E-state index in [1.807, 2.05) is 36.4 Å². The van der Waals surface area contributed by atoms with E-state index >= 15 is 0 Å². The van der Waals surface area contributed by atoms with E-state index in [9.17, 15) is 4.79 Å². The Morgan fingerprint density at radius 1 is 1.05 bits per heavy atom. The van der Waals surface area contributed by atoms with Gasteiger partial charge in [0.1, 0.15) is 0 Å². The smallest absolute Gasteiger partial charge is 0.298 e. The zero-order valence-electron chi connectivity index (χ0n) is 12.3. The summed E-state index contributed by atoms with van der Waals surface area (Å²) in [6.07, 6.45) is 0.582. The summed E-state index contributed by atoms with van der Waals surface area (Å²) in [5, 5.41) is 1.20. The highest BCUT2D eigenvalue weighted by Gasteiger charge is 2.15. The van der Waals surface area contributed by atoms with Gasteiger partial charge in [-0.2, -0.15) is 4.89 Å². The number of carbonyl (C=O) groups is 1. The number of hydrogen-bond donors (Lipinski definition) is 0. The van der Waals surface area contributed by atoms with Gasteiger partial charge in [-0.1, -0.05) is 54.4 Å². The topological polar surface area (TPSA) is 35.5 Å². The summed E-state index contributed by atoms with van der Waals surface area (Å²) in [5.74, 6) is -0.653. The van der Waals surface area contributed by atoms with Gasteiger partial charge in [-0.25, -0.2) is 4.79 Å². The molecule has 0 saturated carbocycles. The van der Waals surface area contributed by atoms with Gasteiger partial charge in [-0.15, -0.1) is 0 Å². The lowest BCUT2D eigenvalue weighted by atomic mass is 9.98. The van der Waals surface area contributed by atoms with Crippen LogP contribution in [0.4, 0.5) is 0 Å². The molecule has 2 rings (SSSR count). The highest BCUT2D eigenvalue weighted by molar-refractivity contribution is 6.35. The molecule has 0 aliphatic carbocycles. The van der Waals surface area contributed by atoms with Gasteiger partial charge in [0.25, 0.3) is 0 Å². The summed E-state index contributed by atoms with van der Waals surface area (Å²) < 4.78 is 0. The third-order valence-electron chi connectivity index (χ3n) is 3.26. The Bertz CT molecular complexity index is 633. The molecule has 0 aliphatic heterocycles. The molecule has 0 unspecified atom stereocenters. The summed E-state index contributed by atoms with van der Waals surface area (Å²) in [6.45, 7) is 1.80. The molecule has 3 nitrogen and oxygen atoms in total. The minimum Gasteiger partial charge on any atom is -0.298 e. The first kappa shape index (κ1) is 16.8. The van der Waals surface area contributed by atoms with E-state index in [0.29, 0.717) is 16.5 Å². The fourth-order valence-corrected chi connectivity index (χ4v) is 2.68. The second-order valence-corrected chi connectivity index (χ2v) is 5.90. The van der Waals surface area contributed by atoms with Gasteiger partial charge in [-0.05, 0) is 41.3 Å². The normalized spacial score (nSPS) is 12.0. The standard InChI is InChI=1S/C17H16Cl2O3/c1-11(17(20)22-21-2)7-12-3-5-13(6-4-12)14-8-15(18)10-16(19)9-14/h3-6,8-11H,7H2,1-2H3/t11-/m1/s1. The van der Waals surface area contributed by atoms with Crippen molar-refractivity contribution in [2.24, 2.45) is 5.92 Å². The van der Waals surface area contributed by atoms with Crippen molar-refractivity contribution >= 4 is 29.2 Å². The van der Waals surface area contributed by atoms with Gasteiger partial charge in [0.05, 0.1) is 13.0 Å². The molecule has 2 aromatic carbocycles. The van der Waals surface area contributed by atoms with Crippen LogP contribution in [0.2, 0.25) is 10.0 Å². The quantitative estimate of drug-likeness (QED) is 0.571. The lowest BCUT2D eigenvalue weighted by Gasteiger charge is -2.10. The zero-order chi connectivity index (χ0) is 16.1. The molecule has 0 aromatic heterocycles. The van der Waals surface area contributed by atoms with E-state index in [1.165, 1.54) is 7.11 Å². The van der Waals surface area contributed by atoms with Gasteiger partial charge >= 0.3 is 5.97 Å². The first-order valence-electron chi connectivity index (χ1n) is 6.79. The summed E-state index contributed by atoms with van der Waals surface area (Å²) >= 11 is 12.0. The molecule has 2 aromatic rings. The average molecular weight is 339 g/mol. The second kappa shape index (κ2) is 7.63. The third-order valence-corrected chi connectivity index (χ3v) is 3.70. The summed E-state index contributed by atoms with van der Waals surface area (Å²) in [5.41, 5.74) is 3.01. The molecule has 22 heavy (non-hydrogen) atoms. The second-order valence-electron chi connectivity index (χ2n) is 5.03. The lowest BCUT2D eigenvalue weighted by molar-refractivity contribution is -0.258. The molecule has 0 amide bonds. The molecule has 0 spiro atoms. The maximum atomic E-state index is 11.5. The van der Waals surface area contributed by atoms with E-state index in [4.69, 9.17) is 23.2 Å². The lowest BCUT2D eigenvalue weighted by Crippen LogP contribution is -2.16. The molecule has 0 bridgehead atoms. The van der Waals surface area contributed by atoms with Crippen molar-refractivity contribution < 1.29 is 14.6 Å². The number of halogens is 2. The molecular weight excluding hydrogens is 323 g/mol. The van der Waals surface area contributed by atoms with Gasteiger partial charge in [0, 0.05) is 10.0 Å². The molecule has 0 aliphatic rings. The minimum absolute atomic E-state index is 0.272. The number of carbonyl (C=O) groups excluding carboxylic acids is 1. The van der Waals surface area contributed by atoms with E-state index in [-0.39, 0.29) is 11.9 Å². The van der Waals surface area contributed by atoms with Crippen LogP contribution in [-0.4, -0.2) is 13.1 Å². The van der Waals surface area contributed by atoms with Crippen molar-refractivity contribution in [1.29, 1.82) is 0 Å². The van der Waals surface area contributed by atoms with Crippen molar-refractivity contribution in [3.05, 3.63) is 58.1 Å². The number of benzene rings is 2. The van der Waals surface area contributed by atoms with Crippen LogP contribution >= 0.6 is 23.2 Å². The van der Waals surface area contributed by atoms with Crippen molar-refractivity contribution in [3.63, 3.8) is 0 Å². The Kier molecular flexibility index (Phi) is 5.83. The highest BCUT2D eigenvalue weighted by atomic mass is 35.5. The highest BCUT2D eigenvalue weighted by Crippen LogP contribution is 2.27. The van der Waals surface area contributed by atoms with E-state index in [1.54, 1.807) is 13.0 Å². The van der Waals surface area contributed by atoms with Crippen LogP contribution in [0.3, 0.4) is 0 Å². The van der Waals surface area contributed by atoms with Crippen molar-refractivity contribution in [3.8, 4) is 11.1 Å². The molecule has 1 atom stereocenters. The van der Waals surface area contributed by atoms with Crippen LogP contribution in [0.15, 0.2) is 42.5 Å². The molecule has 0 fully saturated rings. The van der Waals surface area contributed by atoms with Crippen molar-refractivity contribution in [2.75, 3.05) is 7.11 Å². The first-order chi connectivity index (χ1) is 10.5. The maximum Gasteiger partial charge on any atom is 0.345 e. The maximum absolute atomic E-state index is 11.5. The van der Waals surface area contributed by atoms with Crippen LogP contribution in [0, 0.1) is 5.92 Å². The Labute approximate surface area is 139 Å². The van der Waals surface area contributed by atoms with Crippen LogP contribution in [-0.2, 0) is 21.0 Å². The molecular formula is C17H16Cl2O3. The van der Waals surface area contributed by atoms with Gasteiger partial charge < -0.3 is 0 Å². The summed E-state index contributed by atoms with van der Waals surface area (Å²) in [7, 11) is 1.32.